The summed E-state index contributed by atoms with van der Waals surface area (Å²) in [6.45, 7) is 7.05. The molecule has 29 heavy (non-hydrogen) atoms. The SMILES string of the molecule is CCOc1ccc(NC(=O)c2cc(C)cc(C)c2)cc1S(=O)(=O)N1CCCCC1. The van der Waals surface area contributed by atoms with Crippen LogP contribution in [0, 0.1) is 13.8 Å². The summed E-state index contributed by atoms with van der Waals surface area (Å²) in [5.74, 6) is 0.0322. The molecule has 156 valence electrons. The van der Waals surface area contributed by atoms with Crippen LogP contribution < -0.4 is 10.1 Å². The van der Waals surface area contributed by atoms with Gasteiger partial charge in [-0.1, -0.05) is 23.6 Å². The van der Waals surface area contributed by atoms with Gasteiger partial charge in [-0.05, 0) is 63.9 Å². The van der Waals surface area contributed by atoms with Gasteiger partial charge in [0.05, 0.1) is 6.61 Å². The Balaban J connectivity index is 1.92. The highest BCUT2D eigenvalue weighted by atomic mass is 32.2. The molecular formula is C22H28N2O4S. The summed E-state index contributed by atoms with van der Waals surface area (Å²) in [4.78, 5) is 12.8. The minimum atomic E-state index is -3.69. The van der Waals surface area contributed by atoms with Gasteiger partial charge in [-0.25, -0.2) is 8.42 Å². The van der Waals surface area contributed by atoms with Crippen molar-refractivity contribution in [1.82, 2.24) is 4.31 Å². The molecule has 0 aromatic heterocycles. The lowest BCUT2D eigenvalue weighted by atomic mass is 10.1. The van der Waals surface area contributed by atoms with E-state index in [-0.39, 0.29) is 10.8 Å². The van der Waals surface area contributed by atoms with Crippen molar-refractivity contribution in [2.24, 2.45) is 0 Å². The number of nitrogens with one attached hydrogen (secondary N) is 1. The first kappa shape index (κ1) is 21.3. The summed E-state index contributed by atoms with van der Waals surface area (Å²) < 4.78 is 33.5. The number of sulfonamides is 1. The normalized spacial score (nSPS) is 15.1. The maximum absolute atomic E-state index is 13.2. The molecule has 1 saturated heterocycles. The standard InChI is InChI=1S/C22H28N2O4S/c1-4-28-20-9-8-19(23-22(25)18-13-16(2)12-17(3)14-18)15-21(20)29(26,27)24-10-6-5-7-11-24/h8-9,12-15H,4-7,10-11H2,1-3H3,(H,23,25). The minimum Gasteiger partial charge on any atom is -0.492 e. The first-order chi connectivity index (χ1) is 13.8. The third-order valence-electron chi connectivity index (χ3n) is 4.92. The van der Waals surface area contributed by atoms with Crippen LogP contribution in [-0.2, 0) is 10.0 Å². The van der Waals surface area contributed by atoms with Gasteiger partial charge >= 0.3 is 0 Å². The Morgan fingerprint density at radius 1 is 1.03 bits per heavy atom. The van der Waals surface area contributed by atoms with Crippen LogP contribution in [0.1, 0.15) is 47.7 Å². The number of carbonyl (C=O) groups is 1. The number of hydrogen-bond acceptors (Lipinski definition) is 4. The first-order valence-corrected chi connectivity index (χ1v) is 11.4. The van der Waals surface area contributed by atoms with Crippen LogP contribution in [0.2, 0.25) is 0 Å². The van der Waals surface area contributed by atoms with Gasteiger partial charge in [0.15, 0.2) is 0 Å². The number of nitrogens with zero attached hydrogens (tertiary/aromatic N) is 1. The molecule has 1 aliphatic heterocycles. The fourth-order valence-electron chi connectivity index (χ4n) is 3.62. The summed E-state index contributed by atoms with van der Waals surface area (Å²) in [5, 5.41) is 2.82. The maximum atomic E-state index is 13.2. The number of aryl methyl sites for hydroxylation is 2. The zero-order valence-corrected chi connectivity index (χ0v) is 18.0. The molecule has 1 fully saturated rings. The average molecular weight is 417 g/mol. The largest absolute Gasteiger partial charge is 0.492 e. The van der Waals surface area contributed by atoms with Crippen LogP contribution in [-0.4, -0.2) is 38.3 Å². The third-order valence-corrected chi connectivity index (χ3v) is 6.84. The van der Waals surface area contributed by atoms with Crippen LogP contribution in [0.25, 0.3) is 0 Å². The second-order valence-corrected chi connectivity index (χ2v) is 9.30. The summed E-state index contributed by atoms with van der Waals surface area (Å²) in [5.41, 5.74) is 2.95. The Kier molecular flexibility index (Phi) is 6.59. The van der Waals surface area contributed by atoms with Gasteiger partial charge in [0.25, 0.3) is 5.91 Å². The second-order valence-electron chi connectivity index (χ2n) is 7.39. The Labute approximate surface area is 172 Å². The van der Waals surface area contributed by atoms with Crippen LogP contribution in [0.15, 0.2) is 41.3 Å². The van der Waals surface area contributed by atoms with Gasteiger partial charge in [-0.3, -0.25) is 4.79 Å². The van der Waals surface area contributed by atoms with E-state index >= 15 is 0 Å². The Bertz CT molecular complexity index is 976. The molecule has 0 atom stereocenters. The van der Waals surface area contributed by atoms with E-state index in [1.807, 2.05) is 39.0 Å². The van der Waals surface area contributed by atoms with E-state index < -0.39 is 10.0 Å². The molecule has 1 amide bonds. The second kappa shape index (κ2) is 8.97. The lowest BCUT2D eigenvalue weighted by molar-refractivity contribution is 0.102. The van der Waals surface area contributed by atoms with Gasteiger partial charge in [0.1, 0.15) is 10.6 Å². The monoisotopic (exact) mass is 416 g/mol. The number of piperidine rings is 1. The van der Waals surface area contributed by atoms with Crippen molar-refractivity contribution in [3.63, 3.8) is 0 Å². The Morgan fingerprint density at radius 2 is 1.69 bits per heavy atom. The minimum absolute atomic E-state index is 0.0967. The molecule has 0 spiro atoms. The molecular weight excluding hydrogens is 388 g/mol. The zero-order valence-electron chi connectivity index (χ0n) is 17.2. The molecule has 0 unspecified atom stereocenters. The lowest BCUT2D eigenvalue weighted by Crippen LogP contribution is -2.35. The molecule has 0 radical (unpaired) electrons. The van der Waals surface area contributed by atoms with Crippen molar-refractivity contribution < 1.29 is 17.9 Å². The summed E-state index contributed by atoms with van der Waals surface area (Å²) >= 11 is 0. The molecule has 0 bridgehead atoms. The van der Waals surface area contributed by atoms with Gasteiger partial charge < -0.3 is 10.1 Å². The van der Waals surface area contributed by atoms with Crippen LogP contribution in [0.5, 0.6) is 5.75 Å². The predicted octanol–water partition coefficient (Wildman–Crippen LogP) is 4.13. The van der Waals surface area contributed by atoms with Crippen molar-refractivity contribution in [1.29, 1.82) is 0 Å². The molecule has 1 heterocycles. The van der Waals surface area contributed by atoms with Crippen LogP contribution in [0.3, 0.4) is 0 Å². The molecule has 1 N–H and O–H groups in total. The summed E-state index contributed by atoms with van der Waals surface area (Å²) in [6.07, 6.45) is 2.75. The number of rotatable bonds is 6. The molecule has 1 aliphatic rings. The van der Waals surface area contributed by atoms with Crippen molar-refractivity contribution in [3.8, 4) is 5.75 Å². The molecule has 7 heteroatoms. The summed E-state index contributed by atoms with van der Waals surface area (Å²) in [7, 11) is -3.69. The van der Waals surface area contributed by atoms with Crippen molar-refractivity contribution in [3.05, 3.63) is 53.1 Å². The zero-order chi connectivity index (χ0) is 21.0. The highest BCUT2D eigenvalue weighted by Crippen LogP contribution is 2.31. The van der Waals surface area contributed by atoms with Crippen molar-refractivity contribution >= 4 is 21.6 Å². The number of amides is 1. The molecule has 3 rings (SSSR count). The number of hydrogen-bond donors (Lipinski definition) is 1. The van der Waals surface area contributed by atoms with Gasteiger partial charge in [0.2, 0.25) is 10.0 Å². The molecule has 2 aromatic carbocycles. The highest BCUT2D eigenvalue weighted by Gasteiger charge is 2.29. The lowest BCUT2D eigenvalue weighted by Gasteiger charge is -2.27. The number of anilines is 1. The van der Waals surface area contributed by atoms with Gasteiger partial charge in [-0.15, -0.1) is 0 Å². The molecule has 0 aliphatic carbocycles. The van der Waals surface area contributed by atoms with E-state index in [9.17, 15) is 13.2 Å². The smallest absolute Gasteiger partial charge is 0.255 e. The summed E-state index contributed by atoms with van der Waals surface area (Å²) in [6, 6.07) is 10.4. The van der Waals surface area contributed by atoms with E-state index in [1.165, 1.54) is 10.4 Å². The van der Waals surface area contributed by atoms with Gasteiger partial charge in [-0.2, -0.15) is 4.31 Å². The fraction of sp³-hybridized carbons (Fsp3) is 0.409. The number of benzene rings is 2. The van der Waals surface area contributed by atoms with Crippen LogP contribution in [0.4, 0.5) is 5.69 Å². The van der Waals surface area contributed by atoms with E-state index in [4.69, 9.17) is 4.74 Å². The fourth-order valence-corrected chi connectivity index (χ4v) is 5.29. The number of ether oxygens (including phenoxy) is 1. The number of carbonyl (C=O) groups excluding carboxylic acids is 1. The Morgan fingerprint density at radius 3 is 2.31 bits per heavy atom. The quantitative estimate of drug-likeness (QED) is 0.768. The molecule has 6 nitrogen and oxygen atoms in total. The topological polar surface area (TPSA) is 75.7 Å². The predicted molar refractivity (Wildman–Crippen MR) is 114 cm³/mol. The first-order valence-electron chi connectivity index (χ1n) is 9.98. The van der Waals surface area contributed by atoms with Crippen LogP contribution >= 0.6 is 0 Å². The molecule has 0 saturated carbocycles. The van der Waals surface area contributed by atoms with E-state index in [0.29, 0.717) is 36.7 Å². The van der Waals surface area contributed by atoms with E-state index in [0.717, 1.165) is 30.4 Å². The van der Waals surface area contributed by atoms with E-state index in [2.05, 4.69) is 5.32 Å². The highest BCUT2D eigenvalue weighted by molar-refractivity contribution is 7.89. The van der Waals surface area contributed by atoms with Gasteiger partial charge in [0, 0.05) is 24.3 Å². The maximum Gasteiger partial charge on any atom is 0.255 e. The third kappa shape index (κ3) is 4.97. The van der Waals surface area contributed by atoms with Crippen molar-refractivity contribution in [2.45, 2.75) is 44.9 Å². The van der Waals surface area contributed by atoms with E-state index in [1.54, 1.807) is 12.1 Å². The Hall–Kier alpha value is -2.38. The molecule has 2 aromatic rings. The average Bonchev–Trinajstić information content (AvgIpc) is 2.69. The van der Waals surface area contributed by atoms with Crippen molar-refractivity contribution in [2.75, 3.05) is 25.0 Å².